The highest BCUT2D eigenvalue weighted by molar-refractivity contribution is 7.89. The van der Waals surface area contributed by atoms with E-state index in [1.54, 1.807) is 36.4 Å². The number of nitrogens with one attached hydrogen (secondary N) is 2. The summed E-state index contributed by atoms with van der Waals surface area (Å²) in [4.78, 5) is -0.166. The standard InChI is InChI=1S/C78H92N2O18S2Si/c1-78(2,3)101(4,5)98-76-67(80-100(85,86)62-44-28-13-29-45-62)73(91-51-59-38-22-10-23-39-59)70(65(95-76)54-88-48-56-32-16-7-17-33-56)96-75-66(79-99(83,84)61-42-26-12-27-43-61)72(90-50-58-36-20-9-21-37-58)71(64(94-75)53-87-47-55-30-14-6-15-31-55)97-77-74(92-52-60-40-24-11-25-41-60)68(82)69(63(46-81)93-77)89-49-57-34-18-8-19-35-57/h6-45,63-77,79-82H,46-54H2,1-5H3/t63?,64?,65?,66?,67?,68-,69+,70+,71+,72+,73+,74?,75-,76+,77-/m0/s1. The zero-order valence-electron chi connectivity index (χ0n) is 57.4. The minimum Gasteiger partial charge on any atom is -0.394 e. The van der Waals surface area contributed by atoms with Gasteiger partial charge in [-0.2, -0.15) is 0 Å². The van der Waals surface area contributed by atoms with E-state index in [1.165, 1.54) is 24.3 Å². The third-order valence-electron chi connectivity index (χ3n) is 18.5. The largest absolute Gasteiger partial charge is 0.394 e. The number of aliphatic hydroxyl groups is 2. The molecule has 23 heteroatoms. The molecule has 101 heavy (non-hydrogen) atoms. The smallest absolute Gasteiger partial charge is 0.241 e. The van der Waals surface area contributed by atoms with Crippen molar-refractivity contribution < 1.29 is 83.6 Å². The Balaban J connectivity index is 1.07. The molecule has 15 atom stereocenters. The molecule has 0 radical (unpaired) electrons. The Hall–Kier alpha value is -6.76. The summed E-state index contributed by atoms with van der Waals surface area (Å²) in [7, 11) is -12.0. The average Bonchev–Trinajstić information content (AvgIpc) is 0.757. The van der Waals surface area contributed by atoms with E-state index in [0.29, 0.717) is 5.56 Å². The molecule has 0 saturated carbocycles. The number of aliphatic hydroxyl groups excluding tert-OH is 2. The Bertz CT molecular complexity index is 3980. The summed E-state index contributed by atoms with van der Waals surface area (Å²) in [5.74, 6) is 0. The van der Waals surface area contributed by atoms with Gasteiger partial charge in [0.1, 0.15) is 73.1 Å². The first-order chi connectivity index (χ1) is 48.8. The van der Waals surface area contributed by atoms with Crippen molar-refractivity contribution in [2.24, 2.45) is 0 Å². The number of hydrogen-bond donors (Lipinski definition) is 4. The summed E-state index contributed by atoms with van der Waals surface area (Å²) >= 11 is 0. The van der Waals surface area contributed by atoms with Crippen molar-refractivity contribution in [1.82, 2.24) is 9.44 Å². The Kier molecular flexibility index (Phi) is 26.6. The van der Waals surface area contributed by atoms with Crippen LogP contribution in [0.1, 0.15) is 54.2 Å². The van der Waals surface area contributed by atoms with Gasteiger partial charge in [-0.05, 0) is 75.8 Å². The van der Waals surface area contributed by atoms with E-state index in [9.17, 15) is 10.2 Å². The number of benzene rings is 8. The van der Waals surface area contributed by atoms with Crippen LogP contribution in [0.3, 0.4) is 0 Å². The van der Waals surface area contributed by atoms with Gasteiger partial charge < -0.3 is 66.7 Å². The molecule has 8 aromatic rings. The molecule has 8 aromatic carbocycles. The van der Waals surface area contributed by atoms with Crippen molar-refractivity contribution in [1.29, 1.82) is 0 Å². The zero-order chi connectivity index (χ0) is 70.8. The molecule has 20 nitrogen and oxygen atoms in total. The second-order valence-electron chi connectivity index (χ2n) is 26.8. The van der Waals surface area contributed by atoms with Crippen molar-refractivity contribution >= 4 is 28.4 Å². The first-order valence-electron chi connectivity index (χ1n) is 34.1. The topological polar surface area (TPSA) is 244 Å². The molecular weight excluding hydrogens is 1350 g/mol. The van der Waals surface area contributed by atoms with Gasteiger partial charge in [-0.1, -0.05) is 239 Å². The summed E-state index contributed by atoms with van der Waals surface area (Å²) in [6, 6.07) is 69.0. The molecule has 0 aliphatic carbocycles. The maximum absolute atomic E-state index is 15.5. The second kappa shape index (κ2) is 35.6. The molecule has 6 unspecified atom stereocenters. The van der Waals surface area contributed by atoms with Gasteiger partial charge in [-0.25, -0.2) is 26.3 Å². The van der Waals surface area contributed by atoms with Crippen LogP contribution < -0.4 is 9.44 Å². The zero-order valence-corrected chi connectivity index (χ0v) is 60.0. The number of ether oxygens (including phenoxy) is 11. The number of hydrogen-bond acceptors (Lipinski definition) is 18. The molecule has 538 valence electrons. The maximum atomic E-state index is 15.5. The van der Waals surface area contributed by atoms with E-state index < -0.39 is 132 Å². The Morgan fingerprint density at radius 3 is 1.04 bits per heavy atom. The lowest BCUT2D eigenvalue weighted by atomic mass is 9.94. The molecule has 3 saturated heterocycles. The van der Waals surface area contributed by atoms with Crippen LogP contribution in [0, 0.1) is 0 Å². The van der Waals surface area contributed by atoms with Crippen molar-refractivity contribution in [2.75, 3.05) is 19.8 Å². The minimum absolute atomic E-state index is 0.0351. The van der Waals surface area contributed by atoms with Crippen LogP contribution in [0.4, 0.5) is 0 Å². The fraction of sp³-hybridized carbons (Fsp3) is 0.385. The molecule has 4 N–H and O–H groups in total. The van der Waals surface area contributed by atoms with Gasteiger partial charge in [-0.3, -0.25) is 0 Å². The van der Waals surface area contributed by atoms with Gasteiger partial charge >= 0.3 is 0 Å². The van der Waals surface area contributed by atoms with Crippen LogP contribution in [0.2, 0.25) is 18.1 Å². The third kappa shape index (κ3) is 20.4. The van der Waals surface area contributed by atoms with Gasteiger partial charge in [0.25, 0.3) is 0 Å². The monoisotopic (exact) mass is 1440 g/mol. The molecular formula is C78H92N2O18S2Si. The Morgan fingerprint density at radius 2 is 0.683 bits per heavy atom. The van der Waals surface area contributed by atoms with Crippen molar-refractivity contribution in [3.63, 3.8) is 0 Å². The lowest BCUT2D eigenvalue weighted by molar-refractivity contribution is -0.370. The van der Waals surface area contributed by atoms with Crippen LogP contribution in [-0.2, 0) is 116 Å². The SMILES string of the molecule is CC(C)(C)[Si](C)(C)O[C@H]1OC(COCc2ccccc2)[C@@H](O[C@@H]2OC(COCc3ccccc3)[C@@H](O[C@@H]3OC(CO)[C@@H](OCc4ccccc4)[C@H](O)C3OCc3ccccc3)[C@H](OCc3ccccc3)C2NS(=O)(=O)c2ccccc2)[C@H](OCc2ccccc2)C1NS(=O)(=O)c1ccccc1. The van der Waals surface area contributed by atoms with E-state index in [4.69, 9.17) is 56.5 Å². The molecule has 0 aromatic heterocycles. The summed E-state index contributed by atoms with van der Waals surface area (Å²) < 4.78 is 152. The maximum Gasteiger partial charge on any atom is 0.241 e. The summed E-state index contributed by atoms with van der Waals surface area (Å²) in [6.45, 7) is 9.12. The fourth-order valence-corrected chi connectivity index (χ4v) is 15.7. The number of rotatable bonds is 33. The third-order valence-corrected chi connectivity index (χ3v) is 25.9. The number of sulfonamides is 2. The molecule has 3 aliphatic heterocycles. The molecule has 0 amide bonds. The summed E-state index contributed by atoms with van der Waals surface area (Å²) in [5, 5.41) is 23.6. The highest BCUT2D eigenvalue weighted by Crippen LogP contribution is 2.42. The minimum atomic E-state index is -4.63. The van der Waals surface area contributed by atoms with E-state index in [-0.39, 0.29) is 62.6 Å². The van der Waals surface area contributed by atoms with Crippen LogP contribution in [0.25, 0.3) is 0 Å². The van der Waals surface area contributed by atoms with Crippen LogP contribution in [0.15, 0.2) is 252 Å². The fourth-order valence-electron chi connectivity index (χ4n) is 12.1. The Labute approximate surface area is 594 Å². The Morgan fingerprint density at radius 1 is 0.386 bits per heavy atom. The summed E-state index contributed by atoms with van der Waals surface area (Å²) in [5.41, 5.74) is 4.64. The molecule has 0 spiro atoms. The first-order valence-corrected chi connectivity index (χ1v) is 39.9. The van der Waals surface area contributed by atoms with E-state index in [2.05, 4.69) is 30.2 Å². The summed E-state index contributed by atoms with van der Waals surface area (Å²) in [6.07, 6.45) is -18.1. The first kappa shape index (κ1) is 75.4. The normalized spacial score (nSPS) is 25.9. The predicted molar refractivity (Wildman–Crippen MR) is 380 cm³/mol. The van der Waals surface area contributed by atoms with Crippen molar-refractivity contribution in [2.45, 2.75) is 180 Å². The lowest BCUT2D eigenvalue weighted by Gasteiger charge is -2.52. The molecule has 3 heterocycles. The molecule has 3 aliphatic rings. The van der Waals surface area contributed by atoms with Gasteiger partial charge in [0, 0.05) is 0 Å². The lowest BCUT2D eigenvalue weighted by Crippen LogP contribution is -2.71. The van der Waals surface area contributed by atoms with Crippen molar-refractivity contribution in [3.05, 3.63) is 276 Å². The van der Waals surface area contributed by atoms with Gasteiger partial charge in [-0.15, -0.1) is 0 Å². The van der Waals surface area contributed by atoms with E-state index >= 15 is 16.8 Å². The quantitative estimate of drug-likeness (QED) is 0.0279. The highest BCUT2D eigenvalue weighted by Gasteiger charge is 2.58. The van der Waals surface area contributed by atoms with Gasteiger partial charge in [0.05, 0.1) is 69.3 Å². The van der Waals surface area contributed by atoms with Crippen molar-refractivity contribution in [3.8, 4) is 0 Å². The van der Waals surface area contributed by atoms with Crippen LogP contribution in [-0.4, -0.2) is 147 Å². The molecule has 11 rings (SSSR count). The van der Waals surface area contributed by atoms with Crippen LogP contribution >= 0.6 is 0 Å². The molecule has 3 fully saturated rings. The molecule has 0 bridgehead atoms. The predicted octanol–water partition coefficient (Wildman–Crippen LogP) is 10.8. The van der Waals surface area contributed by atoms with Crippen LogP contribution in [0.5, 0.6) is 0 Å². The van der Waals surface area contributed by atoms with E-state index in [0.717, 1.165) is 27.8 Å². The van der Waals surface area contributed by atoms with Gasteiger partial charge in [0.2, 0.25) is 20.0 Å². The van der Waals surface area contributed by atoms with Gasteiger partial charge in [0.15, 0.2) is 27.2 Å². The van der Waals surface area contributed by atoms with E-state index in [1.807, 2.05) is 195 Å². The highest BCUT2D eigenvalue weighted by atomic mass is 32.2. The second-order valence-corrected chi connectivity index (χ2v) is 35.0. The average molecular weight is 1440 g/mol.